The van der Waals surface area contributed by atoms with Crippen molar-refractivity contribution in [3.8, 4) is 0 Å². The third-order valence-electron chi connectivity index (χ3n) is 3.13. The maximum atomic E-state index is 11.9. The molecule has 85 valence electrons. The van der Waals surface area contributed by atoms with Gasteiger partial charge in [-0.1, -0.05) is 31.4 Å². The summed E-state index contributed by atoms with van der Waals surface area (Å²) in [6, 6.07) is 7.82. The lowest BCUT2D eigenvalue weighted by molar-refractivity contribution is 0.0927. The lowest BCUT2D eigenvalue weighted by atomic mass is 9.95. The molecule has 1 fully saturated rings. The Balaban J connectivity index is 1.97. The largest absolute Gasteiger partial charge is 0.349 e. The van der Waals surface area contributed by atoms with Crippen LogP contribution >= 0.6 is 0 Å². The average Bonchev–Trinajstić information content (AvgIpc) is 2.30. The van der Waals surface area contributed by atoms with Crippen molar-refractivity contribution in [3.05, 3.63) is 42.3 Å². The predicted molar refractivity (Wildman–Crippen MR) is 65.2 cm³/mol. The van der Waals surface area contributed by atoms with Crippen molar-refractivity contribution in [1.29, 1.82) is 0 Å². The van der Waals surface area contributed by atoms with Crippen LogP contribution in [0.2, 0.25) is 0 Å². The zero-order valence-corrected chi connectivity index (χ0v) is 9.54. The number of hydrogen-bond acceptors (Lipinski definition) is 1. The summed E-state index contributed by atoms with van der Waals surface area (Å²) in [5.41, 5.74) is 1.61. The van der Waals surface area contributed by atoms with E-state index in [1.807, 2.05) is 24.3 Å². The molecule has 0 aliphatic heterocycles. The number of carbonyl (C=O) groups is 1. The van der Waals surface area contributed by atoms with Gasteiger partial charge in [-0.2, -0.15) is 0 Å². The molecule has 0 atom stereocenters. The number of benzene rings is 1. The minimum atomic E-state index is 0.0393. The summed E-state index contributed by atoms with van der Waals surface area (Å²) in [6.07, 6.45) is 6.02. The highest BCUT2D eigenvalue weighted by atomic mass is 16.1. The van der Waals surface area contributed by atoms with Crippen molar-refractivity contribution in [2.75, 3.05) is 0 Å². The van der Waals surface area contributed by atoms with Gasteiger partial charge in [0.25, 0.3) is 5.91 Å². The molecule has 2 heteroatoms. The van der Waals surface area contributed by atoms with Crippen molar-refractivity contribution in [2.45, 2.75) is 38.1 Å². The Bertz CT molecular complexity index is 367. The van der Waals surface area contributed by atoms with Crippen molar-refractivity contribution < 1.29 is 4.79 Å². The van der Waals surface area contributed by atoms with E-state index in [-0.39, 0.29) is 5.91 Å². The Labute approximate surface area is 97.1 Å². The van der Waals surface area contributed by atoms with Crippen molar-refractivity contribution in [2.24, 2.45) is 0 Å². The van der Waals surface area contributed by atoms with Crippen LogP contribution in [0.15, 0.2) is 24.3 Å². The predicted octanol–water partition coefficient (Wildman–Crippen LogP) is 2.93. The van der Waals surface area contributed by atoms with E-state index in [0.29, 0.717) is 6.04 Å². The van der Waals surface area contributed by atoms with Gasteiger partial charge >= 0.3 is 0 Å². The number of nitrogens with one attached hydrogen (secondary N) is 1. The molecular formula is C14H18NO. The molecule has 1 saturated carbocycles. The Morgan fingerprint density at radius 3 is 2.69 bits per heavy atom. The fourth-order valence-corrected chi connectivity index (χ4v) is 2.23. The molecule has 1 aromatic rings. The number of hydrogen-bond donors (Lipinski definition) is 1. The highest BCUT2D eigenvalue weighted by molar-refractivity contribution is 5.94. The van der Waals surface area contributed by atoms with Crippen molar-refractivity contribution in [3.63, 3.8) is 0 Å². The van der Waals surface area contributed by atoms with Gasteiger partial charge in [0.15, 0.2) is 0 Å². The third kappa shape index (κ3) is 2.84. The zero-order chi connectivity index (χ0) is 11.4. The molecule has 1 N–H and O–H groups in total. The summed E-state index contributed by atoms with van der Waals surface area (Å²) in [6.45, 7) is 3.83. The highest BCUT2D eigenvalue weighted by Crippen LogP contribution is 2.17. The normalized spacial score (nSPS) is 17.1. The molecule has 1 aliphatic carbocycles. The van der Waals surface area contributed by atoms with Gasteiger partial charge in [-0.15, -0.1) is 0 Å². The van der Waals surface area contributed by atoms with Crippen LogP contribution < -0.4 is 5.32 Å². The first-order valence-corrected chi connectivity index (χ1v) is 5.98. The van der Waals surface area contributed by atoms with Gasteiger partial charge in [0.1, 0.15) is 0 Å². The van der Waals surface area contributed by atoms with Gasteiger partial charge in [0.05, 0.1) is 0 Å². The molecule has 0 saturated heterocycles. The first-order chi connectivity index (χ1) is 7.75. The van der Waals surface area contributed by atoms with E-state index in [1.54, 1.807) is 0 Å². The average molecular weight is 216 g/mol. The van der Waals surface area contributed by atoms with Gasteiger partial charge in [-0.05, 0) is 37.5 Å². The molecule has 0 spiro atoms. The van der Waals surface area contributed by atoms with Crippen LogP contribution in [-0.4, -0.2) is 11.9 Å². The van der Waals surface area contributed by atoms with E-state index in [9.17, 15) is 4.79 Å². The summed E-state index contributed by atoms with van der Waals surface area (Å²) in [7, 11) is 0. The molecule has 2 rings (SSSR count). The second-order valence-electron chi connectivity index (χ2n) is 4.51. The first kappa shape index (κ1) is 11.2. The van der Waals surface area contributed by atoms with Crippen LogP contribution in [0.4, 0.5) is 0 Å². The Hall–Kier alpha value is -1.31. The molecule has 0 aromatic heterocycles. The molecule has 1 radical (unpaired) electrons. The lowest BCUT2D eigenvalue weighted by Gasteiger charge is -2.22. The molecule has 0 bridgehead atoms. The number of amides is 1. The number of carbonyl (C=O) groups excluding carboxylic acids is 1. The van der Waals surface area contributed by atoms with Crippen LogP contribution in [-0.2, 0) is 0 Å². The van der Waals surface area contributed by atoms with Gasteiger partial charge in [0.2, 0.25) is 0 Å². The van der Waals surface area contributed by atoms with E-state index in [0.717, 1.165) is 24.0 Å². The summed E-state index contributed by atoms with van der Waals surface area (Å²) < 4.78 is 0. The molecule has 1 aromatic carbocycles. The summed E-state index contributed by atoms with van der Waals surface area (Å²) in [4.78, 5) is 11.9. The molecule has 0 unspecified atom stereocenters. The minimum absolute atomic E-state index is 0.0393. The topological polar surface area (TPSA) is 29.1 Å². The molecular weight excluding hydrogens is 198 g/mol. The standard InChI is InChI=1S/C14H18NO/c1-11-6-5-7-12(10-11)14(16)15-13-8-3-2-4-9-13/h5-7,10,13H,1-4,8-9H2,(H,15,16). The van der Waals surface area contributed by atoms with Crippen LogP contribution in [0.5, 0.6) is 0 Å². The molecule has 16 heavy (non-hydrogen) atoms. The SMILES string of the molecule is [CH2]c1cccc(C(=O)NC2CCCCC2)c1. The maximum Gasteiger partial charge on any atom is 0.251 e. The monoisotopic (exact) mass is 216 g/mol. The number of rotatable bonds is 2. The first-order valence-electron chi connectivity index (χ1n) is 5.98. The molecule has 2 nitrogen and oxygen atoms in total. The molecule has 0 heterocycles. The van der Waals surface area contributed by atoms with E-state index in [4.69, 9.17) is 0 Å². The van der Waals surface area contributed by atoms with Crippen LogP contribution in [0.1, 0.15) is 48.0 Å². The van der Waals surface area contributed by atoms with E-state index < -0.39 is 0 Å². The van der Waals surface area contributed by atoms with E-state index in [1.165, 1.54) is 19.3 Å². The lowest BCUT2D eigenvalue weighted by Crippen LogP contribution is -2.36. The quantitative estimate of drug-likeness (QED) is 0.809. The third-order valence-corrected chi connectivity index (χ3v) is 3.13. The van der Waals surface area contributed by atoms with E-state index >= 15 is 0 Å². The second kappa shape index (κ2) is 5.15. The molecule has 1 aliphatic rings. The minimum Gasteiger partial charge on any atom is -0.349 e. The van der Waals surface area contributed by atoms with E-state index in [2.05, 4.69) is 12.2 Å². The summed E-state index contributed by atoms with van der Waals surface area (Å²) >= 11 is 0. The van der Waals surface area contributed by atoms with Gasteiger partial charge < -0.3 is 5.32 Å². The second-order valence-corrected chi connectivity index (χ2v) is 4.51. The highest BCUT2D eigenvalue weighted by Gasteiger charge is 2.16. The van der Waals surface area contributed by atoms with Crippen LogP contribution in [0.25, 0.3) is 0 Å². The van der Waals surface area contributed by atoms with Gasteiger partial charge in [0, 0.05) is 11.6 Å². The molecule has 1 amide bonds. The Morgan fingerprint density at radius 1 is 1.25 bits per heavy atom. The maximum absolute atomic E-state index is 11.9. The zero-order valence-electron chi connectivity index (χ0n) is 9.54. The fourth-order valence-electron chi connectivity index (χ4n) is 2.23. The Morgan fingerprint density at radius 2 is 2.00 bits per heavy atom. The Kier molecular flexibility index (Phi) is 3.60. The van der Waals surface area contributed by atoms with Crippen LogP contribution in [0, 0.1) is 6.92 Å². The fraction of sp³-hybridized carbons (Fsp3) is 0.429. The summed E-state index contributed by atoms with van der Waals surface area (Å²) in [5.74, 6) is 0.0393. The van der Waals surface area contributed by atoms with Crippen molar-refractivity contribution >= 4 is 5.91 Å². The van der Waals surface area contributed by atoms with Crippen LogP contribution in [0.3, 0.4) is 0 Å². The van der Waals surface area contributed by atoms with Gasteiger partial charge in [-0.3, -0.25) is 4.79 Å². The van der Waals surface area contributed by atoms with Gasteiger partial charge in [-0.25, -0.2) is 0 Å². The summed E-state index contributed by atoms with van der Waals surface area (Å²) in [5, 5.41) is 3.10. The van der Waals surface area contributed by atoms with Crippen molar-refractivity contribution in [1.82, 2.24) is 5.32 Å². The smallest absolute Gasteiger partial charge is 0.251 e.